The molecule has 2 aromatic rings. The van der Waals surface area contributed by atoms with Crippen molar-refractivity contribution in [3.05, 3.63) is 63.7 Å². The third-order valence-corrected chi connectivity index (χ3v) is 4.11. The Hall–Kier alpha value is -2.27. The van der Waals surface area contributed by atoms with E-state index in [9.17, 15) is 10.1 Å². The number of nitro benzene ring substituents is 1. The summed E-state index contributed by atoms with van der Waals surface area (Å²) in [6.07, 6.45) is 0. The normalized spacial score (nSPS) is 15.0. The molecule has 1 aliphatic heterocycles. The van der Waals surface area contributed by atoms with Crippen molar-refractivity contribution in [1.29, 1.82) is 0 Å². The number of hydrogen-bond acceptors (Lipinski definition) is 4. The Bertz CT molecular complexity index is 670. The molecule has 1 heterocycles. The van der Waals surface area contributed by atoms with Gasteiger partial charge in [0.1, 0.15) is 5.69 Å². The predicted molar refractivity (Wildman–Crippen MR) is 89.0 cm³/mol. The fraction of sp³-hybridized carbons (Fsp3) is 0.250. The van der Waals surface area contributed by atoms with Gasteiger partial charge < -0.3 is 9.80 Å². The van der Waals surface area contributed by atoms with Crippen molar-refractivity contribution in [3.8, 4) is 0 Å². The van der Waals surface area contributed by atoms with Crippen LogP contribution in [-0.2, 0) is 0 Å². The minimum atomic E-state index is -0.370. The van der Waals surface area contributed by atoms with Crippen LogP contribution in [0.15, 0.2) is 48.5 Å². The third kappa shape index (κ3) is 2.99. The van der Waals surface area contributed by atoms with Gasteiger partial charge in [-0.15, -0.1) is 0 Å². The topological polar surface area (TPSA) is 49.6 Å². The Labute approximate surface area is 133 Å². The van der Waals surface area contributed by atoms with Crippen molar-refractivity contribution in [1.82, 2.24) is 0 Å². The van der Waals surface area contributed by atoms with Gasteiger partial charge in [0.15, 0.2) is 0 Å². The summed E-state index contributed by atoms with van der Waals surface area (Å²) in [7, 11) is 0. The second-order valence-corrected chi connectivity index (χ2v) is 5.64. The SMILES string of the molecule is O=[N+]([O-])c1cc(Cl)ccc1N1CCN(c2ccccc2)CC1. The van der Waals surface area contributed by atoms with E-state index in [-0.39, 0.29) is 10.6 Å². The molecule has 5 nitrogen and oxygen atoms in total. The number of hydrogen-bond donors (Lipinski definition) is 0. The van der Waals surface area contributed by atoms with Gasteiger partial charge >= 0.3 is 0 Å². The molecule has 0 atom stereocenters. The van der Waals surface area contributed by atoms with E-state index in [1.165, 1.54) is 11.8 Å². The first-order chi connectivity index (χ1) is 10.6. The third-order valence-electron chi connectivity index (χ3n) is 3.88. The number of nitrogens with zero attached hydrogens (tertiary/aromatic N) is 3. The maximum Gasteiger partial charge on any atom is 0.294 e. The number of piperazine rings is 1. The van der Waals surface area contributed by atoms with Crippen molar-refractivity contribution < 1.29 is 4.92 Å². The summed E-state index contributed by atoms with van der Waals surface area (Å²) in [5.41, 5.74) is 1.90. The van der Waals surface area contributed by atoms with E-state index < -0.39 is 0 Å². The van der Waals surface area contributed by atoms with Gasteiger partial charge in [0.25, 0.3) is 5.69 Å². The molecule has 114 valence electrons. The number of rotatable bonds is 3. The van der Waals surface area contributed by atoms with E-state index in [0.29, 0.717) is 10.7 Å². The van der Waals surface area contributed by atoms with Crippen LogP contribution in [0.5, 0.6) is 0 Å². The molecule has 0 aromatic heterocycles. The Morgan fingerprint density at radius 1 is 0.955 bits per heavy atom. The molecule has 3 rings (SSSR count). The van der Waals surface area contributed by atoms with Crippen LogP contribution in [0.4, 0.5) is 17.1 Å². The second kappa shape index (κ2) is 6.23. The van der Waals surface area contributed by atoms with Gasteiger partial charge in [0.05, 0.1) is 4.92 Å². The van der Waals surface area contributed by atoms with E-state index in [1.54, 1.807) is 12.1 Å². The van der Waals surface area contributed by atoms with Crippen molar-refractivity contribution in [2.75, 3.05) is 36.0 Å². The molecule has 0 spiro atoms. The zero-order valence-corrected chi connectivity index (χ0v) is 12.7. The van der Waals surface area contributed by atoms with Crippen LogP contribution in [0.2, 0.25) is 5.02 Å². The molecule has 0 bridgehead atoms. The average Bonchev–Trinajstić information content (AvgIpc) is 2.56. The minimum Gasteiger partial charge on any atom is -0.368 e. The number of halogens is 1. The summed E-state index contributed by atoms with van der Waals surface area (Å²) in [5.74, 6) is 0. The van der Waals surface area contributed by atoms with Crippen LogP contribution >= 0.6 is 11.6 Å². The van der Waals surface area contributed by atoms with Crippen molar-refractivity contribution in [2.24, 2.45) is 0 Å². The molecule has 2 aromatic carbocycles. The highest BCUT2D eigenvalue weighted by Crippen LogP contribution is 2.32. The van der Waals surface area contributed by atoms with Gasteiger partial charge in [-0.1, -0.05) is 29.8 Å². The van der Waals surface area contributed by atoms with Crippen molar-refractivity contribution in [2.45, 2.75) is 0 Å². The monoisotopic (exact) mass is 317 g/mol. The smallest absolute Gasteiger partial charge is 0.294 e. The molecule has 0 aliphatic carbocycles. The first-order valence-electron chi connectivity index (χ1n) is 7.14. The summed E-state index contributed by atoms with van der Waals surface area (Å²) in [6, 6.07) is 15.1. The average molecular weight is 318 g/mol. The number of benzene rings is 2. The lowest BCUT2D eigenvalue weighted by molar-refractivity contribution is -0.384. The maximum absolute atomic E-state index is 11.2. The standard InChI is InChI=1S/C16H16ClN3O2/c17-13-6-7-15(16(12-13)20(21)22)19-10-8-18(9-11-19)14-4-2-1-3-5-14/h1-7,12H,8-11H2. The number of anilines is 2. The Morgan fingerprint density at radius 2 is 1.59 bits per heavy atom. The molecule has 6 heteroatoms. The second-order valence-electron chi connectivity index (χ2n) is 5.20. The highest BCUT2D eigenvalue weighted by molar-refractivity contribution is 6.30. The van der Waals surface area contributed by atoms with E-state index >= 15 is 0 Å². The molecule has 22 heavy (non-hydrogen) atoms. The summed E-state index contributed by atoms with van der Waals surface area (Å²) in [6.45, 7) is 3.17. The quantitative estimate of drug-likeness (QED) is 0.641. The molecule has 0 N–H and O–H groups in total. The Morgan fingerprint density at radius 3 is 2.23 bits per heavy atom. The lowest BCUT2D eigenvalue weighted by Gasteiger charge is -2.37. The molecular formula is C16H16ClN3O2. The summed E-state index contributed by atoms with van der Waals surface area (Å²) in [4.78, 5) is 15.2. The molecule has 0 amide bonds. The van der Waals surface area contributed by atoms with E-state index in [2.05, 4.69) is 17.0 Å². The van der Waals surface area contributed by atoms with Crippen LogP contribution in [0, 0.1) is 10.1 Å². The van der Waals surface area contributed by atoms with Gasteiger partial charge in [-0.25, -0.2) is 0 Å². The molecular weight excluding hydrogens is 302 g/mol. The van der Waals surface area contributed by atoms with E-state index in [0.717, 1.165) is 26.2 Å². The Kier molecular flexibility index (Phi) is 4.15. The summed E-state index contributed by atoms with van der Waals surface area (Å²) in [5, 5.41) is 11.6. The van der Waals surface area contributed by atoms with Crippen molar-refractivity contribution in [3.63, 3.8) is 0 Å². The number of nitro groups is 1. The lowest BCUT2D eigenvalue weighted by Crippen LogP contribution is -2.46. The van der Waals surface area contributed by atoms with Crippen LogP contribution < -0.4 is 9.80 Å². The zero-order chi connectivity index (χ0) is 15.5. The van der Waals surface area contributed by atoms with Gasteiger partial charge in [-0.2, -0.15) is 0 Å². The van der Waals surface area contributed by atoms with Gasteiger partial charge in [0, 0.05) is 43.0 Å². The van der Waals surface area contributed by atoms with Crippen molar-refractivity contribution >= 4 is 28.7 Å². The molecule has 0 saturated carbocycles. The van der Waals surface area contributed by atoms with Gasteiger partial charge in [0.2, 0.25) is 0 Å². The van der Waals surface area contributed by atoms with Crippen LogP contribution in [0.25, 0.3) is 0 Å². The van der Waals surface area contributed by atoms with E-state index in [4.69, 9.17) is 11.6 Å². The minimum absolute atomic E-state index is 0.0701. The lowest BCUT2D eigenvalue weighted by atomic mass is 10.2. The summed E-state index contributed by atoms with van der Waals surface area (Å²) >= 11 is 5.87. The summed E-state index contributed by atoms with van der Waals surface area (Å²) < 4.78 is 0. The molecule has 1 saturated heterocycles. The fourth-order valence-corrected chi connectivity index (χ4v) is 2.92. The highest BCUT2D eigenvalue weighted by atomic mass is 35.5. The molecule has 0 radical (unpaired) electrons. The predicted octanol–water partition coefficient (Wildman–Crippen LogP) is 3.57. The maximum atomic E-state index is 11.2. The van der Waals surface area contributed by atoms with Gasteiger partial charge in [-0.3, -0.25) is 10.1 Å². The van der Waals surface area contributed by atoms with Crippen LogP contribution in [0.1, 0.15) is 0 Å². The molecule has 1 fully saturated rings. The first kappa shape index (κ1) is 14.7. The largest absolute Gasteiger partial charge is 0.368 e. The highest BCUT2D eigenvalue weighted by Gasteiger charge is 2.24. The molecule has 1 aliphatic rings. The first-order valence-corrected chi connectivity index (χ1v) is 7.52. The van der Waals surface area contributed by atoms with Gasteiger partial charge in [-0.05, 0) is 24.3 Å². The zero-order valence-electron chi connectivity index (χ0n) is 12.0. The van der Waals surface area contributed by atoms with Crippen LogP contribution in [-0.4, -0.2) is 31.1 Å². The molecule has 0 unspecified atom stereocenters. The van der Waals surface area contributed by atoms with Crippen LogP contribution in [0.3, 0.4) is 0 Å². The number of para-hydroxylation sites is 1. The van der Waals surface area contributed by atoms with E-state index in [1.807, 2.05) is 23.1 Å². The Balaban J connectivity index is 1.76. The fourth-order valence-electron chi connectivity index (χ4n) is 2.75.